The van der Waals surface area contributed by atoms with E-state index in [2.05, 4.69) is 19.2 Å². The van der Waals surface area contributed by atoms with Gasteiger partial charge in [0.2, 0.25) is 5.91 Å². The summed E-state index contributed by atoms with van der Waals surface area (Å²) in [5.74, 6) is 0.218. The van der Waals surface area contributed by atoms with Gasteiger partial charge in [-0.2, -0.15) is 0 Å². The van der Waals surface area contributed by atoms with Crippen molar-refractivity contribution in [1.29, 1.82) is 0 Å². The van der Waals surface area contributed by atoms with Crippen molar-refractivity contribution in [2.75, 3.05) is 6.67 Å². The molecule has 1 N–H and O–H groups in total. The van der Waals surface area contributed by atoms with Crippen molar-refractivity contribution in [3.63, 3.8) is 0 Å². The second-order valence-corrected chi connectivity index (χ2v) is 5.36. The molecule has 0 saturated carbocycles. The molecule has 1 heterocycles. The highest BCUT2D eigenvalue weighted by molar-refractivity contribution is 5.85. The number of carbonyl (C=O) groups excluding carboxylic acids is 1. The van der Waals surface area contributed by atoms with Gasteiger partial charge in [-0.05, 0) is 18.9 Å². The lowest BCUT2D eigenvalue weighted by Crippen LogP contribution is -2.35. The second kappa shape index (κ2) is 6.71. The molecule has 104 valence electrons. The van der Waals surface area contributed by atoms with Crippen LogP contribution in [0.3, 0.4) is 0 Å². The Bertz CT molecular complexity index is 404. The number of nitrogens with zero attached hydrogens (tertiary/aromatic N) is 1. The minimum atomic E-state index is -0.158. The highest BCUT2D eigenvalue weighted by atomic mass is 16.2. The van der Waals surface area contributed by atoms with Gasteiger partial charge in [-0.25, -0.2) is 0 Å². The maximum atomic E-state index is 12.4. The maximum absolute atomic E-state index is 12.4. The lowest BCUT2D eigenvalue weighted by molar-refractivity contribution is -0.130. The lowest BCUT2D eigenvalue weighted by atomic mass is 10.1. The summed E-state index contributed by atoms with van der Waals surface area (Å²) in [5, 5.41) is 3.32. The molecule has 1 aliphatic rings. The number of carbonyl (C=O) groups is 1. The van der Waals surface area contributed by atoms with Crippen LogP contribution < -0.4 is 5.32 Å². The van der Waals surface area contributed by atoms with Crippen molar-refractivity contribution in [3.05, 3.63) is 35.9 Å². The molecule has 0 aromatic heterocycles. The van der Waals surface area contributed by atoms with Crippen molar-refractivity contribution in [2.45, 2.75) is 51.6 Å². The summed E-state index contributed by atoms with van der Waals surface area (Å²) >= 11 is 0. The van der Waals surface area contributed by atoms with E-state index < -0.39 is 0 Å². The first-order chi connectivity index (χ1) is 9.24. The van der Waals surface area contributed by atoms with E-state index in [0.717, 1.165) is 12.0 Å². The zero-order valence-corrected chi connectivity index (χ0v) is 11.9. The normalized spacial score (nSPS) is 20.8. The van der Waals surface area contributed by atoms with Crippen LogP contribution in [0.15, 0.2) is 30.3 Å². The fraction of sp³-hybridized carbons (Fsp3) is 0.562. The summed E-state index contributed by atoms with van der Waals surface area (Å²) in [7, 11) is 0. The molecule has 3 heteroatoms. The molecule has 1 aromatic carbocycles. The Hall–Kier alpha value is -1.35. The average Bonchev–Trinajstić information content (AvgIpc) is 2.82. The second-order valence-electron chi connectivity index (χ2n) is 5.36. The Morgan fingerprint density at radius 3 is 2.74 bits per heavy atom. The Morgan fingerprint density at radius 2 is 2.05 bits per heavy atom. The van der Waals surface area contributed by atoms with Gasteiger partial charge in [-0.3, -0.25) is 10.1 Å². The van der Waals surface area contributed by atoms with Crippen LogP contribution in [0.2, 0.25) is 0 Å². The Morgan fingerprint density at radius 1 is 1.32 bits per heavy atom. The standard InChI is InChI=1S/C16H24N2O/c1-3-4-6-9-13(2)18-12-17-15(16(18)19)14-10-7-5-8-11-14/h5,7-8,10-11,13,15,17H,3-4,6,9,12H2,1-2H3. The highest BCUT2D eigenvalue weighted by Crippen LogP contribution is 2.23. The zero-order valence-electron chi connectivity index (χ0n) is 11.9. The molecule has 0 radical (unpaired) electrons. The predicted octanol–water partition coefficient (Wildman–Crippen LogP) is 3.09. The van der Waals surface area contributed by atoms with Gasteiger partial charge in [0.1, 0.15) is 6.04 Å². The number of hydrogen-bond acceptors (Lipinski definition) is 2. The number of unbranched alkanes of at least 4 members (excludes halogenated alkanes) is 2. The number of amides is 1. The quantitative estimate of drug-likeness (QED) is 0.797. The van der Waals surface area contributed by atoms with Crippen LogP contribution in [0.5, 0.6) is 0 Å². The van der Waals surface area contributed by atoms with Gasteiger partial charge in [0.25, 0.3) is 0 Å². The largest absolute Gasteiger partial charge is 0.326 e. The number of rotatable bonds is 6. The highest BCUT2D eigenvalue weighted by Gasteiger charge is 2.34. The summed E-state index contributed by atoms with van der Waals surface area (Å²) in [6.45, 7) is 5.03. The van der Waals surface area contributed by atoms with E-state index in [0.29, 0.717) is 12.7 Å². The van der Waals surface area contributed by atoms with E-state index in [1.807, 2.05) is 35.2 Å². The zero-order chi connectivity index (χ0) is 13.7. The molecule has 2 atom stereocenters. The van der Waals surface area contributed by atoms with E-state index in [9.17, 15) is 4.79 Å². The lowest BCUT2D eigenvalue weighted by Gasteiger charge is -2.23. The molecule has 0 spiro atoms. The minimum Gasteiger partial charge on any atom is -0.326 e. The van der Waals surface area contributed by atoms with Gasteiger partial charge in [0.05, 0.1) is 6.67 Å². The monoisotopic (exact) mass is 260 g/mol. The van der Waals surface area contributed by atoms with E-state index in [1.54, 1.807) is 0 Å². The van der Waals surface area contributed by atoms with Crippen LogP contribution in [0.25, 0.3) is 0 Å². The van der Waals surface area contributed by atoms with Gasteiger partial charge in [0, 0.05) is 6.04 Å². The summed E-state index contributed by atoms with van der Waals surface area (Å²) in [4.78, 5) is 14.4. The molecule has 1 aliphatic heterocycles. The molecular weight excluding hydrogens is 236 g/mol. The van der Waals surface area contributed by atoms with Crippen LogP contribution in [0.1, 0.15) is 51.1 Å². The third kappa shape index (κ3) is 3.35. The van der Waals surface area contributed by atoms with Crippen LogP contribution in [0.4, 0.5) is 0 Å². The molecule has 1 fully saturated rings. The molecule has 19 heavy (non-hydrogen) atoms. The molecule has 1 aromatic rings. The summed E-state index contributed by atoms with van der Waals surface area (Å²) < 4.78 is 0. The van der Waals surface area contributed by atoms with E-state index in [4.69, 9.17) is 0 Å². The van der Waals surface area contributed by atoms with Gasteiger partial charge in [-0.1, -0.05) is 56.5 Å². The van der Waals surface area contributed by atoms with Crippen LogP contribution in [0, 0.1) is 0 Å². The van der Waals surface area contributed by atoms with Gasteiger partial charge in [-0.15, -0.1) is 0 Å². The molecule has 1 amide bonds. The Kier molecular flexibility index (Phi) is 4.97. The Balaban J connectivity index is 1.94. The first-order valence-electron chi connectivity index (χ1n) is 7.33. The van der Waals surface area contributed by atoms with E-state index in [1.165, 1.54) is 19.3 Å². The molecular formula is C16H24N2O. The molecule has 2 rings (SSSR count). The van der Waals surface area contributed by atoms with Crippen molar-refractivity contribution in [2.24, 2.45) is 0 Å². The smallest absolute Gasteiger partial charge is 0.245 e. The first kappa shape index (κ1) is 14.1. The molecule has 3 nitrogen and oxygen atoms in total. The first-order valence-corrected chi connectivity index (χ1v) is 7.33. The van der Waals surface area contributed by atoms with E-state index >= 15 is 0 Å². The third-order valence-electron chi connectivity index (χ3n) is 3.89. The van der Waals surface area contributed by atoms with Gasteiger partial charge < -0.3 is 4.90 Å². The SMILES string of the molecule is CCCCCC(C)N1CNC(c2ccccc2)C1=O. The third-order valence-corrected chi connectivity index (χ3v) is 3.89. The molecule has 1 saturated heterocycles. The maximum Gasteiger partial charge on any atom is 0.245 e. The Labute approximate surface area is 116 Å². The molecule has 0 bridgehead atoms. The van der Waals surface area contributed by atoms with Gasteiger partial charge >= 0.3 is 0 Å². The average molecular weight is 260 g/mol. The van der Waals surface area contributed by atoms with Gasteiger partial charge in [0.15, 0.2) is 0 Å². The minimum absolute atomic E-state index is 0.158. The predicted molar refractivity (Wildman–Crippen MR) is 77.6 cm³/mol. The van der Waals surface area contributed by atoms with Crippen LogP contribution in [-0.2, 0) is 4.79 Å². The summed E-state index contributed by atoms with van der Waals surface area (Å²) in [6, 6.07) is 10.2. The number of benzene rings is 1. The topological polar surface area (TPSA) is 32.3 Å². The molecule has 0 aliphatic carbocycles. The van der Waals surface area contributed by atoms with Crippen LogP contribution >= 0.6 is 0 Å². The van der Waals surface area contributed by atoms with E-state index in [-0.39, 0.29) is 11.9 Å². The fourth-order valence-electron chi connectivity index (χ4n) is 2.65. The number of nitrogens with one attached hydrogen (secondary N) is 1. The fourth-order valence-corrected chi connectivity index (χ4v) is 2.65. The molecule has 2 unspecified atom stereocenters. The van der Waals surface area contributed by atoms with Crippen molar-refractivity contribution >= 4 is 5.91 Å². The number of hydrogen-bond donors (Lipinski definition) is 1. The van der Waals surface area contributed by atoms with Crippen LogP contribution in [-0.4, -0.2) is 23.5 Å². The van der Waals surface area contributed by atoms with Crippen molar-refractivity contribution < 1.29 is 4.79 Å². The summed E-state index contributed by atoms with van der Waals surface area (Å²) in [6.07, 6.45) is 4.79. The van der Waals surface area contributed by atoms with Crippen molar-refractivity contribution in [1.82, 2.24) is 10.2 Å². The summed E-state index contributed by atoms with van der Waals surface area (Å²) in [5.41, 5.74) is 1.07. The van der Waals surface area contributed by atoms with Crippen molar-refractivity contribution in [3.8, 4) is 0 Å².